The van der Waals surface area contributed by atoms with E-state index in [1.54, 1.807) is 6.07 Å². The van der Waals surface area contributed by atoms with E-state index in [-0.39, 0.29) is 24.2 Å². The van der Waals surface area contributed by atoms with Crippen molar-refractivity contribution in [1.29, 1.82) is 0 Å². The molecule has 0 unspecified atom stereocenters. The fraction of sp³-hybridized carbons (Fsp3) is 0.222. The Hall–Kier alpha value is -1.60. The summed E-state index contributed by atoms with van der Waals surface area (Å²) in [6, 6.07) is 3.09. The maximum atomic E-state index is 13.8. The second-order valence-corrected chi connectivity index (χ2v) is 3.38. The van der Waals surface area contributed by atoms with Crippen LogP contribution in [0, 0.1) is 5.82 Å². The Morgan fingerprint density at radius 2 is 2.44 bits per heavy atom. The van der Waals surface area contributed by atoms with Crippen LogP contribution in [0.5, 0.6) is 0 Å². The molecule has 1 aliphatic rings. The summed E-state index contributed by atoms with van der Waals surface area (Å²) in [5.41, 5.74) is 5.62. The molecule has 3 N–H and O–H groups in total. The van der Waals surface area contributed by atoms with Gasteiger partial charge >= 0.3 is 13.2 Å². The Labute approximate surface area is 91.1 Å². The van der Waals surface area contributed by atoms with Crippen LogP contribution in [0.15, 0.2) is 12.1 Å². The molecule has 84 valence electrons. The molecule has 0 saturated heterocycles. The molecule has 0 aliphatic carbocycles. The van der Waals surface area contributed by atoms with Crippen LogP contribution in [0.1, 0.15) is 11.1 Å². The molecule has 16 heavy (non-hydrogen) atoms. The normalized spacial score (nSPS) is 13.8. The maximum Gasteiger partial charge on any atom is 0.494 e. The predicted octanol–water partition coefficient (Wildman–Crippen LogP) is -0.361. The summed E-state index contributed by atoms with van der Waals surface area (Å²) in [5.74, 6) is -0.622. The predicted molar refractivity (Wildman–Crippen MR) is 53.2 cm³/mol. The number of rotatable bonds is 2. The van der Waals surface area contributed by atoms with Gasteiger partial charge in [0, 0.05) is 11.0 Å². The molecule has 0 bridgehead atoms. The first-order chi connectivity index (χ1) is 7.59. The molecule has 1 amide bonds. The van der Waals surface area contributed by atoms with Gasteiger partial charge in [-0.25, -0.2) is 9.18 Å². The van der Waals surface area contributed by atoms with Gasteiger partial charge in [0.05, 0.1) is 6.61 Å². The van der Waals surface area contributed by atoms with E-state index < -0.39 is 19.0 Å². The topological polar surface area (TPSA) is 81.8 Å². The van der Waals surface area contributed by atoms with Gasteiger partial charge in [0.2, 0.25) is 0 Å². The molecule has 1 aromatic carbocycles. The minimum Gasteiger partial charge on any atom is -0.445 e. The van der Waals surface area contributed by atoms with E-state index in [1.807, 2.05) is 0 Å². The van der Waals surface area contributed by atoms with Crippen molar-refractivity contribution in [3.05, 3.63) is 29.1 Å². The summed E-state index contributed by atoms with van der Waals surface area (Å²) in [6.45, 7) is -0.0917. The molecular formula is C9H9BFNO4. The SMILES string of the molecule is NC(=O)OCc1ccc2c(c1F)B(O)OC2. The molecule has 7 heteroatoms. The highest BCUT2D eigenvalue weighted by molar-refractivity contribution is 6.61. The Bertz CT molecular complexity index is 440. The van der Waals surface area contributed by atoms with Gasteiger partial charge in [-0.3, -0.25) is 0 Å². The van der Waals surface area contributed by atoms with Crippen LogP contribution in [-0.4, -0.2) is 18.2 Å². The van der Waals surface area contributed by atoms with Crippen molar-refractivity contribution in [3.63, 3.8) is 0 Å². The van der Waals surface area contributed by atoms with Crippen molar-refractivity contribution in [2.45, 2.75) is 13.2 Å². The smallest absolute Gasteiger partial charge is 0.445 e. The molecule has 0 saturated carbocycles. The van der Waals surface area contributed by atoms with E-state index in [1.165, 1.54) is 6.07 Å². The van der Waals surface area contributed by atoms with Crippen LogP contribution >= 0.6 is 0 Å². The molecule has 5 nitrogen and oxygen atoms in total. The van der Waals surface area contributed by atoms with Gasteiger partial charge in [-0.05, 0) is 5.56 Å². The second kappa shape index (κ2) is 4.11. The first kappa shape index (κ1) is 10.9. The van der Waals surface area contributed by atoms with Gasteiger partial charge < -0.3 is 20.1 Å². The number of halogens is 1. The highest BCUT2D eigenvalue weighted by Gasteiger charge is 2.32. The van der Waals surface area contributed by atoms with Crippen LogP contribution in [0.4, 0.5) is 9.18 Å². The summed E-state index contributed by atoms with van der Waals surface area (Å²) in [6.07, 6.45) is -0.975. The van der Waals surface area contributed by atoms with Crippen LogP contribution in [-0.2, 0) is 22.6 Å². The molecule has 1 aromatic rings. The maximum absolute atomic E-state index is 13.8. The number of hydrogen-bond donors (Lipinski definition) is 2. The molecule has 1 heterocycles. The number of carbonyl (C=O) groups excluding carboxylic acids is 1. The fourth-order valence-electron chi connectivity index (χ4n) is 1.58. The van der Waals surface area contributed by atoms with Crippen molar-refractivity contribution >= 4 is 18.7 Å². The third-order valence-corrected chi connectivity index (χ3v) is 2.36. The monoisotopic (exact) mass is 225 g/mol. The zero-order chi connectivity index (χ0) is 11.7. The van der Waals surface area contributed by atoms with E-state index in [0.29, 0.717) is 5.56 Å². The molecule has 0 spiro atoms. The van der Waals surface area contributed by atoms with E-state index >= 15 is 0 Å². The lowest BCUT2D eigenvalue weighted by atomic mass is 9.78. The number of benzene rings is 1. The van der Waals surface area contributed by atoms with Crippen molar-refractivity contribution in [2.75, 3.05) is 0 Å². The van der Waals surface area contributed by atoms with E-state index in [9.17, 15) is 14.2 Å². The average molecular weight is 225 g/mol. The number of primary amides is 1. The van der Waals surface area contributed by atoms with Gasteiger partial charge in [-0.2, -0.15) is 0 Å². The van der Waals surface area contributed by atoms with Gasteiger partial charge in [0.25, 0.3) is 0 Å². The summed E-state index contributed by atoms with van der Waals surface area (Å²) in [5, 5.41) is 9.37. The summed E-state index contributed by atoms with van der Waals surface area (Å²) < 4.78 is 23.2. The molecule has 0 atom stereocenters. The van der Waals surface area contributed by atoms with Gasteiger partial charge in [-0.15, -0.1) is 0 Å². The lowest BCUT2D eigenvalue weighted by Gasteiger charge is -2.07. The molecular weight excluding hydrogens is 216 g/mol. The minimum atomic E-state index is -1.26. The highest BCUT2D eigenvalue weighted by atomic mass is 19.1. The summed E-state index contributed by atoms with van der Waals surface area (Å²) in [4.78, 5) is 10.4. The number of hydrogen-bond acceptors (Lipinski definition) is 4. The second-order valence-electron chi connectivity index (χ2n) is 3.38. The van der Waals surface area contributed by atoms with Crippen LogP contribution in [0.3, 0.4) is 0 Å². The third-order valence-electron chi connectivity index (χ3n) is 2.36. The van der Waals surface area contributed by atoms with Crippen molar-refractivity contribution in [1.82, 2.24) is 0 Å². The zero-order valence-corrected chi connectivity index (χ0v) is 8.27. The number of fused-ring (bicyclic) bond motifs is 1. The number of nitrogens with two attached hydrogens (primary N) is 1. The molecule has 1 aliphatic heterocycles. The first-order valence-electron chi connectivity index (χ1n) is 4.61. The Morgan fingerprint density at radius 1 is 1.69 bits per heavy atom. The van der Waals surface area contributed by atoms with Gasteiger partial charge in [-0.1, -0.05) is 12.1 Å². The van der Waals surface area contributed by atoms with Crippen molar-refractivity contribution in [2.24, 2.45) is 5.73 Å². The Balaban J connectivity index is 2.28. The van der Waals surface area contributed by atoms with E-state index in [2.05, 4.69) is 4.74 Å². The molecule has 0 radical (unpaired) electrons. The van der Waals surface area contributed by atoms with E-state index in [0.717, 1.165) is 0 Å². The lowest BCUT2D eigenvalue weighted by molar-refractivity contribution is 0.149. The van der Waals surface area contributed by atoms with Crippen LogP contribution < -0.4 is 11.2 Å². The van der Waals surface area contributed by atoms with Gasteiger partial charge in [0.15, 0.2) is 0 Å². The highest BCUT2D eigenvalue weighted by Crippen LogP contribution is 2.16. The van der Waals surface area contributed by atoms with Gasteiger partial charge in [0.1, 0.15) is 12.4 Å². The number of ether oxygens (including phenoxy) is 1. The van der Waals surface area contributed by atoms with Crippen molar-refractivity contribution in [3.8, 4) is 0 Å². The largest absolute Gasteiger partial charge is 0.494 e. The Kier molecular flexibility index (Phi) is 2.80. The zero-order valence-electron chi connectivity index (χ0n) is 8.27. The van der Waals surface area contributed by atoms with E-state index in [4.69, 9.17) is 10.4 Å². The lowest BCUT2D eigenvalue weighted by Crippen LogP contribution is -2.32. The fourth-order valence-corrected chi connectivity index (χ4v) is 1.58. The molecule has 0 fully saturated rings. The molecule has 0 aromatic heterocycles. The molecule has 2 rings (SSSR count). The first-order valence-corrected chi connectivity index (χ1v) is 4.61. The van der Waals surface area contributed by atoms with Crippen LogP contribution in [0.2, 0.25) is 0 Å². The van der Waals surface area contributed by atoms with Crippen LogP contribution in [0.25, 0.3) is 0 Å². The summed E-state index contributed by atoms with van der Waals surface area (Å²) >= 11 is 0. The number of carbonyl (C=O) groups is 1. The van der Waals surface area contributed by atoms with Crippen molar-refractivity contribution < 1.29 is 23.6 Å². The minimum absolute atomic E-state index is 0.102. The summed E-state index contributed by atoms with van der Waals surface area (Å²) in [7, 11) is -1.26. The average Bonchev–Trinajstić information content (AvgIpc) is 2.60. The third kappa shape index (κ3) is 1.87. The Morgan fingerprint density at radius 3 is 3.12 bits per heavy atom. The standard InChI is InChI=1S/C9H9BFNO4/c11-8-6(3-15-9(12)13)2-1-5-4-16-10(14)7(5)8/h1-2,14H,3-4H2,(H2,12,13). The quantitative estimate of drug-likeness (QED) is 0.673. The number of amides is 1.